The third-order valence-electron chi connectivity index (χ3n) is 5.49. The summed E-state index contributed by atoms with van der Waals surface area (Å²) in [6.45, 7) is 4.29. The summed E-state index contributed by atoms with van der Waals surface area (Å²) >= 11 is 2.25. The Balaban J connectivity index is 1.71. The van der Waals surface area contributed by atoms with Gasteiger partial charge in [-0.25, -0.2) is 9.37 Å². The molecule has 0 saturated carbocycles. The minimum absolute atomic E-state index is 0.0406. The number of anilines is 1. The lowest BCUT2D eigenvalue weighted by molar-refractivity contribution is -0.124. The molecule has 0 bridgehead atoms. The van der Waals surface area contributed by atoms with Crippen LogP contribution in [0.5, 0.6) is 0 Å². The number of aromatic nitrogens is 4. The Morgan fingerprint density at radius 2 is 2.13 bits per heavy atom. The molecule has 2 heterocycles. The van der Waals surface area contributed by atoms with Gasteiger partial charge in [0.05, 0.1) is 0 Å². The molecule has 1 amide bonds. The first-order valence-corrected chi connectivity index (χ1v) is 11.2. The third kappa shape index (κ3) is 4.35. The average molecular weight is 540 g/mol. The van der Waals surface area contributed by atoms with Gasteiger partial charge in [-0.3, -0.25) is 4.79 Å². The molecule has 0 saturated heterocycles. The number of aryl methyl sites for hydroxylation is 1. The molecular weight excluding hydrogens is 517 g/mol. The fourth-order valence-corrected chi connectivity index (χ4v) is 4.56. The fraction of sp³-hybridized carbons (Fsp3) is 0.429. The summed E-state index contributed by atoms with van der Waals surface area (Å²) in [7, 11) is 0. The number of carbonyl (C=O) groups is 1. The second-order valence-electron chi connectivity index (χ2n) is 8.00. The molecule has 10 heteroatoms. The molecule has 0 fully saturated rings. The monoisotopic (exact) mass is 540 g/mol. The largest absolute Gasteiger partial charge is 0.382 e. The number of halogens is 3. The molecule has 1 unspecified atom stereocenters. The van der Waals surface area contributed by atoms with Gasteiger partial charge in [-0.2, -0.15) is 14.4 Å². The number of benzene rings is 1. The predicted octanol–water partition coefficient (Wildman–Crippen LogP) is 3.47. The Morgan fingerprint density at radius 1 is 1.35 bits per heavy atom. The van der Waals surface area contributed by atoms with E-state index in [2.05, 4.69) is 42.9 Å². The minimum Gasteiger partial charge on any atom is -0.382 e. The van der Waals surface area contributed by atoms with Gasteiger partial charge >= 0.3 is 6.08 Å². The molecule has 1 aliphatic carbocycles. The van der Waals surface area contributed by atoms with Crippen molar-refractivity contribution in [3.8, 4) is 0 Å². The van der Waals surface area contributed by atoms with Crippen molar-refractivity contribution in [2.24, 2.45) is 5.92 Å². The fourth-order valence-electron chi connectivity index (χ4n) is 3.83. The van der Waals surface area contributed by atoms with E-state index in [1.807, 2.05) is 26.0 Å². The average Bonchev–Trinajstić information content (AvgIpc) is 3.23. The van der Waals surface area contributed by atoms with Gasteiger partial charge in [0.25, 0.3) is 0 Å². The lowest BCUT2D eigenvalue weighted by Gasteiger charge is -2.13. The summed E-state index contributed by atoms with van der Waals surface area (Å²) in [5.74, 6) is 0.345. The molecule has 0 spiro atoms. The van der Waals surface area contributed by atoms with Crippen LogP contribution in [0.25, 0.3) is 11.2 Å². The maximum absolute atomic E-state index is 14.3. The number of hydrogen-bond acceptors (Lipinski definition) is 5. The van der Waals surface area contributed by atoms with Crippen LogP contribution in [0.3, 0.4) is 0 Å². The Labute approximate surface area is 192 Å². The molecule has 1 atom stereocenters. The number of rotatable bonds is 6. The number of hydrogen-bond donors (Lipinski definition) is 2. The molecule has 0 aliphatic heterocycles. The van der Waals surface area contributed by atoms with Crippen LogP contribution in [-0.2, 0) is 24.2 Å². The summed E-state index contributed by atoms with van der Waals surface area (Å²) in [6, 6.07) is 3.92. The summed E-state index contributed by atoms with van der Waals surface area (Å²) in [5.41, 5.74) is 9.17. The normalized spacial score (nSPS) is 15.6. The second kappa shape index (κ2) is 8.64. The molecule has 2 aromatic heterocycles. The van der Waals surface area contributed by atoms with Crippen molar-refractivity contribution in [2.45, 2.75) is 45.8 Å². The van der Waals surface area contributed by atoms with Crippen LogP contribution in [0.2, 0.25) is 0 Å². The number of amides is 1. The molecule has 1 aromatic carbocycles. The number of alkyl halides is 1. The first kappa shape index (κ1) is 21.8. The van der Waals surface area contributed by atoms with Crippen molar-refractivity contribution in [3.63, 3.8) is 0 Å². The summed E-state index contributed by atoms with van der Waals surface area (Å²) in [5, 5.41) is 2.85. The molecule has 3 aromatic rings. The van der Waals surface area contributed by atoms with Crippen LogP contribution < -0.4 is 11.1 Å². The topological polar surface area (TPSA) is 98.7 Å². The lowest BCUT2D eigenvalue weighted by Crippen LogP contribution is -2.31. The van der Waals surface area contributed by atoms with Gasteiger partial charge in [0.1, 0.15) is 12.0 Å². The number of imidazole rings is 1. The minimum atomic E-state index is -0.952. The van der Waals surface area contributed by atoms with Gasteiger partial charge in [0.2, 0.25) is 5.91 Å². The molecular formula is C21H23F2IN6O. The zero-order valence-corrected chi connectivity index (χ0v) is 19.4. The second-order valence-corrected chi connectivity index (χ2v) is 9.16. The number of nitrogens with one attached hydrogen (secondary N) is 1. The summed E-state index contributed by atoms with van der Waals surface area (Å²) in [4.78, 5) is 24.0. The number of nitrogens with two attached hydrogens (primary N) is 1. The van der Waals surface area contributed by atoms with Crippen LogP contribution in [0.1, 0.15) is 49.0 Å². The van der Waals surface area contributed by atoms with Crippen molar-refractivity contribution >= 4 is 45.5 Å². The molecule has 4 rings (SSSR count). The van der Waals surface area contributed by atoms with E-state index in [4.69, 9.17) is 5.73 Å². The van der Waals surface area contributed by atoms with E-state index < -0.39 is 12.2 Å². The molecule has 7 nitrogen and oxygen atoms in total. The van der Waals surface area contributed by atoms with E-state index in [0.29, 0.717) is 37.3 Å². The summed E-state index contributed by atoms with van der Waals surface area (Å²) in [6.07, 6.45) is -0.239. The number of nitrogens with zero attached hydrogens (tertiary/aromatic N) is 4. The van der Waals surface area contributed by atoms with Crippen LogP contribution in [-0.4, -0.2) is 32.0 Å². The van der Waals surface area contributed by atoms with Crippen molar-refractivity contribution < 1.29 is 13.6 Å². The van der Waals surface area contributed by atoms with Crippen LogP contribution in [0.15, 0.2) is 12.1 Å². The standard InChI is InChI=1S/C21H23F2IN6O/c1-10(2)20(31)26-5-6-30-16(27-17-18(25)28-21(23)29-19(17)30)9-12-7-13-11(8-15(12)24)3-4-14(13)22/h7-8,10,14H,3-6,9H2,1-2H3,(H,26,31)(H2,25,28,29). The first-order chi connectivity index (χ1) is 14.7. The quantitative estimate of drug-likeness (QED) is 0.369. The van der Waals surface area contributed by atoms with E-state index in [1.165, 1.54) is 0 Å². The highest BCUT2D eigenvalue weighted by Crippen LogP contribution is 2.36. The van der Waals surface area contributed by atoms with Crippen molar-refractivity contribution in [1.29, 1.82) is 0 Å². The maximum Gasteiger partial charge on any atom is 0.312 e. The van der Waals surface area contributed by atoms with E-state index in [-0.39, 0.29) is 23.3 Å². The van der Waals surface area contributed by atoms with Crippen LogP contribution in [0.4, 0.5) is 14.6 Å². The van der Waals surface area contributed by atoms with Crippen molar-refractivity contribution in [3.05, 3.63) is 44.3 Å². The van der Waals surface area contributed by atoms with E-state index in [1.54, 1.807) is 4.57 Å². The SMILES string of the molecule is CC(C)C(=O)NCCn1c(Cc2cc3c(cc2I)CCC3F)nc2c(N)nc(F)nc21. The third-order valence-corrected chi connectivity index (χ3v) is 6.50. The smallest absolute Gasteiger partial charge is 0.312 e. The zero-order chi connectivity index (χ0) is 22.3. The lowest BCUT2D eigenvalue weighted by atomic mass is 10.0. The molecule has 31 heavy (non-hydrogen) atoms. The Morgan fingerprint density at radius 3 is 2.87 bits per heavy atom. The van der Waals surface area contributed by atoms with E-state index in [0.717, 1.165) is 26.7 Å². The van der Waals surface area contributed by atoms with Gasteiger partial charge in [-0.15, -0.1) is 0 Å². The van der Waals surface area contributed by atoms with Gasteiger partial charge in [0, 0.05) is 29.0 Å². The predicted molar refractivity (Wildman–Crippen MR) is 122 cm³/mol. The van der Waals surface area contributed by atoms with E-state index >= 15 is 0 Å². The number of carbonyl (C=O) groups excluding carboxylic acids is 1. The van der Waals surface area contributed by atoms with Crippen LogP contribution >= 0.6 is 22.6 Å². The highest BCUT2D eigenvalue weighted by atomic mass is 127. The Hall–Kier alpha value is -2.37. The van der Waals surface area contributed by atoms with Gasteiger partial charge < -0.3 is 15.6 Å². The van der Waals surface area contributed by atoms with Crippen molar-refractivity contribution in [1.82, 2.24) is 24.8 Å². The van der Waals surface area contributed by atoms with Gasteiger partial charge in [-0.05, 0) is 58.2 Å². The number of fused-ring (bicyclic) bond motifs is 2. The van der Waals surface area contributed by atoms with Crippen molar-refractivity contribution in [2.75, 3.05) is 12.3 Å². The van der Waals surface area contributed by atoms with Gasteiger partial charge in [0.15, 0.2) is 17.0 Å². The summed E-state index contributed by atoms with van der Waals surface area (Å²) < 4.78 is 30.9. The Bertz CT molecular complexity index is 1160. The molecule has 0 radical (unpaired) electrons. The zero-order valence-electron chi connectivity index (χ0n) is 17.3. The highest BCUT2D eigenvalue weighted by molar-refractivity contribution is 14.1. The van der Waals surface area contributed by atoms with Gasteiger partial charge in [-0.1, -0.05) is 19.9 Å². The first-order valence-electron chi connectivity index (χ1n) is 10.2. The maximum atomic E-state index is 14.3. The molecule has 1 aliphatic rings. The highest BCUT2D eigenvalue weighted by Gasteiger charge is 2.24. The molecule has 3 N–H and O–H groups in total. The number of nitrogen functional groups attached to an aromatic ring is 1. The Kier molecular flexibility index (Phi) is 6.09. The van der Waals surface area contributed by atoms with Crippen LogP contribution in [0, 0.1) is 15.6 Å². The van der Waals surface area contributed by atoms with E-state index in [9.17, 15) is 13.6 Å². The molecule has 164 valence electrons.